The van der Waals surface area contributed by atoms with Gasteiger partial charge in [0, 0.05) is 12.4 Å². The van der Waals surface area contributed by atoms with Crippen LogP contribution in [0.5, 0.6) is 0 Å². The average Bonchev–Trinajstić information content (AvgIpc) is 2.77. The summed E-state index contributed by atoms with van der Waals surface area (Å²) in [6.07, 6.45) is 4.85. The molecular formula is C28H37NSSi. The SMILES string of the molecule is CC(C)[Si](SCCc1ccc(-c2ccc(-c3ccncc3)cc2)cc1)(C(C)C)C(C)C. The van der Waals surface area contributed by atoms with Crippen LogP contribution in [0.4, 0.5) is 0 Å². The lowest BCUT2D eigenvalue weighted by atomic mass is 10.00. The van der Waals surface area contributed by atoms with E-state index in [2.05, 4.69) is 118 Å². The fraction of sp³-hybridized carbons (Fsp3) is 0.393. The summed E-state index contributed by atoms with van der Waals surface area (Å²) in [4.78, 5) is 4.10. The standard InChI is InChI=1S/C28H37NSSi/c1-21(2)31(22(3)4,23(5)6)30-20-17-24-7-9-25(10-8-24)26-11-13-27(14-12-26)28-15-18-29-19-16-28/h7-16,18-19,21-23H,17,20H2,1-6H3. The molecule has 0 aliphatic rings. The van der Waals surface area contributed by atoms with E-state index in [4.69, 9.17) is 0 Å². The van der Waals surface area contributed by atoms with E-state index in [0.717, 1.165) is 23.0 Å². The monoisotopic (exact) mass is 447 g/mol. The lowest BCUT2D eigenvalue weighted by Crippen LogP contribution is -2.41. The van der Waals surface area contributed by atoms with Gasteiger partial charge in [0.05, 0.1) is 0 Å². The van der Waals surface area contributed by atoms with Crippen LogP contribution in [0.25, 0.3) is 22.3 Å². The summed E-state index contributed by atoms with van der Waals surface area (Å²) in [7, 11) is -1.37. The predicted molar refractivity (Wildman–Crippen MR) is 142 cm³/mol. The molecule has 31 heavy (non-hydrogen) atoms. The molecule has 1 aromatic heterocycles. The van der Waals surface area contributed by atoms with E-state index >= 15 is 0 Å². The van der Waals surface area contributed by atoms with Gasteiger partial charge in [0.25, 0.3) is 0 Å². The van der Waals surface area contributed by atoms with Gasteiger partial charge in [-0.15, -0.1) is 0 Å². The molecule has 0 fully saturated rings. The molecule has 2 aromatic carbocycles. The van der Waals surface area contributed by atoms with Crippen molar-refractivity contribution < 1.29 is 0 Å². The summed E-state index contributed by atoms with van der Waals surface area (Å²) in [5.74, 6) is 1.24. The highest BCUT2D eigenvalue weighted by molar-refractivity contribution is 8.29. The zero-order chi connectivity index (χ0) is 22.4. The number of aryl methyl sites for hydroxylation is 1. The minimum atomic E-state index is -1.37. The van der Waals surface area contributed by atoms with E-state index in [1.807, 2.05) is 12.4 Å². The Morgan fingerprint density at radius 1 is 0.613 bits per heavy atom. The topological polar surface area (TPSA) is 12.9 Å². The second-order valence-electron chi connectivity index (χ2n) is 9.43. The first-order valence-electron chi connectivity index (χ1n) is 11.6. The fourth-order valence-electron chi connectivity index (χ4n) is 5.11. The molecule has 0 bridgehead atoms. The molecular weight excluding hydrogens is 410 g/mol. The third-order valence-electron chi connectivity index (χ3n) is 6.64. The maximum atomic E-state index is 4.10. The highest BCUT2D eigenvalue weighted by Crippen LogP contribution is 2.49. The Morgan fingerprint density at radius 3 is 1.42 bits per heavy atom. The van der Waals surface area contributed by atoms with Crippen LogP contribution in [-0.2, 0) is 6.42 Å². The first-order chi connectivity index (χ1) is 14.8. The quantitative estimate of drug-likeness (QED) is 0.304. The summed E-state index contributed by atoms with van der Waals surface area (Å²) in [5, 5.41) is 0. The van der Waals surface area contributed by atoms with E-state index in [1.165, 1.54) is 33.6 Å². The first kappa shape index (κ1) is 23.8. The molecule has 3 rings (SSSR count). The van der Waals surface area contributed by atoms with Gasteiger partial charge in [-0.1, -0.05) is 90.1 Å². The summed E-state index contributed by atoms with van der Waals surface area (Å²) >= 11 is 2.32. The Balaban J connectivity index is 1.64. The number of pyridine rings is 1. The van der Waals surface area contributed by atoms with E-state index < -0.39 is 7.22 Å². The van der Waals surface area contributed by atoms with Crippen LogP contribution in [-0.4, -0.2) is 18.0 Å². The van der Waals surface area contributed by atoms with Crippen molar-refractivity contribution in [3.63, 3.8) is 0 Å². The minimum absolute atomic E-state index is 0.815. The smallest absolute Gasteiger partial charge is 0.124 e. The van der Waals surface area contributed by atoms with Crippen LogP contribution in [0.2, 0.25) is 16.6 Å². The van der Waals surface area contributed by atoms with E-state index in [-0.39, 0.29) is 0 Å². The van der Waals surface area contributed by atoms with Crippen molar-refractivity contribution in [2.24, 2.45) is 0 Å². The molecule has 0 amide bonds. The maximum absolute atomic E-state index is 4.10. The zero-order valence-corrected chi connectivity index (χ0v) is 21.7. The van der Waals surface area contributed by atoms with Gasteiger partial charge < -0.3 is 0 Å². The Bertz CT molecular complexity index is 909. The molecule has 0 radical (unpaired) electrons. The lowest BCUT2D eigenvalue weighted by molar-refractivity contribution is 0.851. The van der Waals surface area contributed by atoms with Crippen molar-refractivity contribution in [1.82, 2.24) is 4.98 Å². The Morgan fingerprint density at radius 2 is 1.00 bits per heavy atom. The van der Waals surface area contributed by atoms with Crippen LogP contribution in [0.15, 0.2) is 73.1 Å². The maximum Gasteiger partial charge on any atom is 0.124 e. The molecule has 3 heteroatoms. The van der Waals surface area contributed by atoms with E-state index in [1.54, 1.807) is 0 Å². The fourth-order valence-corrected chi connectivity index (χ4v) is 15.2. The summed E-state index contributed by atoms with van der Waals surface area (Å²) in [5.41, 5.74) is 8.88. The zero-order valence-electron chi connectivity index (χ0n) is 19.9. The highest BCUT2D eigenvalue weighted by Gasteiger charge is 2.43. The first-order valence-corrected chi connectivity index (χ1v) is 15.5. The van der Waals surface area contributed by atoms with Gasteiger partial charge in [-0.3, -0.25) is 4.98 Å². The molecule has 1 nitrogen and oxygen atoms in total. The highest BCUT2D eigenvalue weighted by atomic mass is 32.4. The van der Waals surface area contributed by atoms with Gasteiger partial charge in [-0.25, -0.2) is 0 Å². The Kier molecular flexibility index (Phi) is 8.18. The Labute approximate surface area is 194 Å². The molecule has 0 saturated heterocycles. The molecule has 164 valence electrons. The average molecular weight is 448 g/mol. The molecule has 0 saturated carbocycles. The molecule has 0 spiro atoms. The number of hydrogen-bond acceptors (Lipinski definition) is 2. The van der Waals surface area contributed by atoms with Gasteiger partial charge in [0.1, 0.15) is 7.22 Å². The van der Waals surface area contributed by atoms with Crippen molar-refractivity contribution >= 4 is 18.4 Å². The third kappa shape index (κ3) is 5.50. The van der Waals surface area contributed by atoms with Gasteiger partial charge >= 0.3 is 0 Å². The molecule has 0 aliphatic carbocycles. The molecule has 3 aromatic rings. The predicted octanol–water partition coefficient (Wildman–Crippen LogP) is 8.87. The molecule has 0 N–H and O–H groups in total. The molecule has 0 unspecified atom stereocenters. The third-order valence-corrected chi connectivity index (χ3v) is 19.3. The van der Waals surface area contributed by atoms with Crippen molar-refractivity contribution in [3.8, 4) is 22.3 Å². The number of hydrogen-bond donors (Lipinski definition) is 0. The van der Waals surface area contributed by atoms with Gasteiger partial charge in [-0.05, 0) is 68.7 Å². The van der Waals surface area contributed by atoms with Crippen molar-refractivity contribution in [1.29, 1.82) is 0 Å². The van der Waals surface area contributed by atoms with Crippen LogP contribution in [0.3, 0.4) is 0 Å². The summed E-state index contributed by atoms with van der Waals surface area (Å²) in [6, 6.07) is 22.1. The van der Waals surface area contributed by atoms with Crippen LogP contribution in [0.1, 0.15) is 47.1 Å². The summed E-state index contributed by atoms with van der Waals surface area (Å²) < 4.78 is 0. The van der Waals surface area contributed by atoms with Crippen LogP contribution >= 0.6 is 11.2 Å². The molecule has 0 aliphatic heterocycles. The van der Waals surface area contributed by atoms with Crippen LogP contribution in [0, 0.1) is 0 Å². The normalized spacial score (nSPS) is 12.2. The molecule has 0 atom stereocenters. The van der Waals surface area contributed by atoms with Crippen molar-refractivity contribution in [3.05, 3.63) is 78.6 Å². The second kappa shape index (κ2) is 10.6. The number of benzene rings is 2. The van der Waals surface area contributed by atoms with Gasteiger partial charge in [0.2, 0.25) is 0 Å². The van der Waals surface area contributed by atoms with E-state index in [9.17, 15) is 0 Å². The largest absolute Gasteiger partial charge is 0.265 e. The number of aromatic nitrogens is 1. The van der Waals surface area contributed by atoms with Gasteiger partial charge in [0.15, 0.2) is 0 Å². The summed E-state index contributed by atoms with van der Waals surface area (Å²) in [6.45, 7) is 14.7. The molecule has 1 heterocycles. The number of rotatable bonds is 9. The Hall–Kier alpha value is -1.84. The van der Waals surface area contributed by atoms with Crippen molar-refractivity contribution in [2.45, 2.75) is 64.6 Å². The second-order valence-corrected chi connectivity index (χ2v) is 18.3. The van der Waals surface area contributed by atoms with Crippen molar-refractivity contribution in [2.75, 3.05) is 5.75 Å². The van der Waals surface area contributed by atoms with Crippen LogP contribution < -0.4 is 0 Å². The van der Waals surface area contributed by atoms with E-state index in [0.29, 0.717) is 0 Å². The number of nitrogens with zero attached hydrogens (tertiary/aromatic N) is 1. The lowest BCUT2D eigenvalue weighted by Gasteiger charge is -2.42. The van der Waals surface area contributed by atoms with Gasteiger partial charge in [-0.2, -0.15) is 11.2 Å². The minimum Gasteiger partial charge on any atom is -0.265 e.